The van der Waals surface area contributed by atoms with Crippen LogP contribution in [0.25, 0.3) is 10.9 Å². The number of hydrogen-bond acceptors (Lipinski definition) is 4. The molecule has 0 unspecified atom stereocenters. The first-order valence-electron chi connectivity index (χ1n) is 8.35. The lowest BCUT2D eigenvalue weighted by molar-refractivity contribution is -0.120. The summed E-state index contributed by atoms with van der Waals surface area (Å²) < 4.78 is 1.58. The number of carbonyl (C=O) groups excluding carboxylic acids is 1. The lowest BCUT2D eigenvalue weighted by Crippen LogP contribution is -2.37. The molecule has 0 radical (unpaired) electrons. The van der Waals surface area contributed by atoms with Gasteiger partial charge < -0.3 is 10.3 Å². The second kappa shape index (κ2) is 7.21. The summed E-state index contributed by atoms with van der Waals surface area (Å²) in [6.07, 6.45) is 1.63. The first-order chi connectivity index (χ1) is 12.4. The highest BCUT2D eigenvalue weighted by Crippen LogP contribution is 2.20. The third-order valence-corrected chi connectivity index (χ3v) is 4.48. The van der Waals surface area contributed by atoms with Crippen molar-refractivity contribution in [2.24, 2.45) is 5.92 Å². The second-order valence-corrected chi connectivity index (χ2v) is 6.93. The predicted octanol–water partition coefficient (Wildman–Crippen LogP) is 3.60. The van der Waals surface area contributed by atoms with Crippen LogP contribution in [0.1, 0.15) is 25.5 Å². The fourth-order valence-electron chi connectivity index (χ4n) is 2.95. The summed E-state index contributed by atoms with van der Waals surface area (Å²) >= 11 is 5.38. The molecule has 0 saturated carbocycles. The highest BCUT2D eigenvalue weighted by Gasteiger charge is 2.27. The number of nitrogens with one attached hydrogen (secondary N) is 2. The largest absolute Gasteiger partial charge is 0.332 e. The highest BCUT2D eigenvalue weighted by atomic mass is 32.1. The molecule has 2 aromatic heterocycles. The predicted molar refractivity (Wildman–Crippen MR) is 105 cm³/mol. The third kappa shape index (κ3) is 3.43. The van der Waals surface area contributed by atoms with Crippen LogP contribution in [0, 0.1) is 17.6 Å². The molecule has 0 fully saturated rings. The minimum absolute atomic E-state index is 0.145. The molecule has 0 saturated heterocycles. The number of nitrogens with zero attached hydrogens (tertiary/aromatic N) is 2. The Morgan fingerprint density at radius 2 is 2.00 bits per heavy atom. The van der Waals surface area contributed by atoms with E-state index in [2.05, 4.69) is 15.3 Å². The molecule has 3 rings (SSSR count). The van der Waals surface area contributed by atoms with Crippen molar-refractivity contribution in [1.29, 1.82) is 0 Å². The van der Waals surface area contributed by atoms with E-state index in [1.165, 1.54) is 4.57 Å². The number of hydrogen-bond donors (Lipinski definition) is 2. The van der Waals surface area contributed by atoms with Gasteiger partial charge in [0.05, 0.1) is 10.9 Å². The summed E-state index contributed by atoms with van der Waals surface area (Å²) in [4.78, 5) is 33.1. The average molecular weight is 368 g/mol. The van der Waals surface area contributed by atoms with E-state index in [-0.39, 0.29) is 22.2 Å². The van der Waals surface area contributed by atoms with Crippen molar-refractivity contribution in [3.05, 3.63) is 63.3 Å². The number of pyridine rings is 1. The topological polar surface area (TPSA) is 79.8 Å². The number of aromatic amines is 1. The van der Waals surface area contributed by atoms with E-state index in [1.54, 1.807) is 30.5 Å². The van der Waals surface area contributed by atoms with Crippen molar-refractivity contribution in [1.82, 2.24) is 14.5 Å². The van der Waals surface area contributed by atoms with Crippen LogP contribution in [0.4, 0.5) is 5.82 Å². The van der Waals surface area contributed by atoms with Crippen LogP contribution in [-0.2, 0) is 4.79 Å². The molecule has 0 aliphatic rings. The Morgan fingerprint density at radius 3 is 2.69 bits per heavy atom. The number of anilines is 1. The molecule has 7 heteroatoms. The third-order valence-electron chi connectivity index (χ3n) is 4.18. The Balaban J connectivity index is 2.08. The number of rotatable bonds is 4. The van der Waals surface area contributed by atoms with E-state index in [0.717, 1.165) is 5.56 Å². The quantitative estimate of drug-likeness (QED) is 0.690. The Morgan fingerprint density at radius 1 is 1.27 bits per heavy atom. The maximum Gasteiger partial charge on any atom is 0.262 e. The number of H-pyrrole nitrogens is 1. The summed E-state index contributed by atoms with van der Waals surface area (Å²) in [6, 6.07) is 9.99. The molecule has 0 aliphatic heterocycles. The van der Waals surface area contributed by atoms with Crippen molar-refractivity contribution >= 4 is 34.8 Å². The molecule has 26 heavy (non-hydrogen) atoms. The van der Waals surface area contributed by atoms with Gasteiger partial charge in [0.2, 0.25) is 5.91 Å². The molecular formula is C19H20N4O2S. The van der Waals surface area contributed by atoms with Crippen molar-refractivity contribution in [3.8, 4) is 0 Å². The molecule has 1 amide bonds. The normalized spacial score (nSPS) is 12.3. The molecule has 2 N–H and O–H groups in total. The minimum atomic E-state index is -0.752. The first kappa shape index (κ1) is 18.0. The standard InChI is InChI=1S/C19H20N4O2S/c1-11(2)16(17(24)22-15-10-12(3)8-9-20-15)23-18(25)13-6-4-5-7-14(13)21-19(23)26/h4-11,16H,1-3H3,(H,21,26)(H,20,22,24)/t16-/m1/s1. The molecule has 0 aliphatic carbocycles. The van der Waals surface area contributed by atoms with E-state index in [1.807, 2.05) is 32.9 Å². The van der Waals surface area contributed by atoms with Crippen LogP contribution in [0.3, 0.4) is 0 Å². The monoisotopic (exact) mass is 368 g/mol. The van der Waals surface area contributed by atoms with Gasteiger partial charge in [0.25, 0.3) is 5.56 Å². The number of carbonyl (C=O) groups is 1. The van der Waals surface area contributed by atoms with Crippen molar-refractivity contribution in [2.75, 3.05) is 5.32 Å². The Kier molecular flexibility index (Phi) is 4.99. The van der Waals surface area contributed by atoms with Crippen molar-refractivity contribution < 1.29 is 4.79 Å². The smallest absolute Gasteiger partial charge is 0.262 e. The zero-order valence-electron chi connectivity index (χ0n) is 14.8. The van der Waals surface area contributed by atoms with Gasteiger partial charge in [-0.05, 0) is 54.9 Å². The number of aromatic nitrogens is 3. The maximum absolute atomic E-state index is 13.0. The van der Waals surface area contributed by atoms with Gasteiger partial charge in [-0.15, -0.1) is 0 Å². The highest BCUT2D eigenvalue weighted by molar-refractivity contribution is 7.71. The van der Waals surface area contributed by atoms with Gasteiger partial charge in [-0.25, -0.2) is 4.98 Å². The summed E-state index contributed by atoms with van der Waals surface area (Å²) in [7, 11) is 0. The summed E-state index contributed by atoms with van der Waals surface area (Å²) in [5.74, 6) is -0.0202. The maximum atomic E-state index is 13.0. The fraction of sp³-hybridized carbons (Fsp3) is 0.263. The van der Waals surface area contributed by atoms with E-state index >= 15 is 0 Å². The van der Waals surface area contributed by atoms with E-state index in [0.29, 0.717) is 16.7 Å². The molecule has 1 atom stereocenters. The lowest BCUT2D eigenvalue weighted by Gasteiger charge is -2.23. The average Bonchev–Trinajstić information content (AvgIpc) is 2.58. The van der Waals surface area contributed by atoms with Gasteiger partial charge in [0.1, 0.15) is 11.9 Å². The molecule has 0 spiro atoms. The summed E-state index contributed by atoms with van der Waals surface area (Å²) in [6.45, 7) is 5.68. The Labute approximate surface area is 155 Å². The van der Waals surface area contributed by atoms with E-state index < -0.39 is 6.04 Å². The van der Waals surface area contributed by atoms with Crippen molar-refractivity contribution in [2.45, 2.75) is 26.8 Å². The minimum Gasteiger partial charge on any atom is -0.332 e. The van der Waals surface area contributed by atoms with Crippen LogP contribution in [0.5, 0.6) is 0 Å². The molecule has 2 heterocycles. The van der Waals surface area contributed by atoms with Gasteiger partial charge >= 0.3 is 0 Å². The van der Waals surface area contributed by atoms with Gasteiger partial charge in [0, 0.05) is 6.20 Å². The lowest BCUT2D eigenvalue weighted by atomic mass is 10.0. The molecule has 6 nitrogen and oxygen atoms in total. The molecule has 3 aromatic rings. The van der Waals surface area contributed by atoms with Gasteiger partial charge in [0.15, 0.2) is 4.77 Å². The van der Waals surface area contributed by atoms with Crippen LogP contribution < -0.4 is 10.9 Å². The van der Waals surface area contributed by atoms with Crippen LogP contribution in [-0.4, -0.2) is 20.4 Å². The van der Waals surface area contributed by atoms with Crippen LogP contribution in [0.2, 0.25) is 0 Å². The number of benzene rings is 1. The van der Waals surface area contributed by atoms with E-state index in [4.69, 9.17) is 12.2 Å². The van der Waals surface area contributed by atoms with Gasteiger partial charge in [-0.3, -0.25) is 14.2 Å². The molecule has 134 valence electrons. The zero-order valence-corrected chi connectivity index (χ0v) is 15.6. The molecule has 0 bridgehead atoms. The SMILES string of the molecule is Cc1ccnc(NC(=O)[C@@H](C(C)C)n2c(=S)[nH]c3ccccc3c2=O)c1. The van der Waals surface area contributed by atoms with Gasteiger partial charge in [-0.2, -0.15) is 0 Å². The number of amides is 1. The second-order valence-electron chi connectivity index (χ2n) is 6.55. The van der Waals surface area contributed by atoms with Crippen molar-refractivity contribution in [3.63, 3.8) is 0 Å². The van der Waals surface area contributed by atoms with Gasteiger partial charge in [-0.1, -0.05) is 26.0 Å². The van der Waals surface area contributed by atoms with E-state index in [9.17, 15) is 9.59 Å². The number of fused-ring (bicyclic) bond motifs is 1. The molecule has 1 aromatic carbocycles. The fourth-order valence-corrected chi connectivity index (χ4v) is 3.26. The number of para-hydroxylation sites is 1. The zero-order chi connectivity index (χ0) is 18.8. The van der Waals surface area contributed by atoms with Crippen LogP contribution in [0.15, 0.2) is 47.4 Å². The number of aryl methyl sites for hydroxylation is 1. The summed E-state index contributed by atoms with van der Waals surface area (Å²) in [5, 5.41) is 3.29. The van der Waals surface area contributed by atoms with Crippen LogP contribution >= 0.6 is 12.2 Å². The Hall–Kier alpha value is -2.80. The summed E-state index contributed by atoms with van der Waals surface area (Å²) in [5.41, 5.74) is 1.36. The Bertz CT molecular complexity index is 1080. The first-order valence-corrected chi connectivity index (χ1v) is 8.76. The molecular weight excluding hydrogens is 348 g/mol.